The Morgan fingerprint density at radius 2 is 1.59 bits per heavy atom. The van der Waals surface area contributed by atoms with Crippen molar-refractivity contribution in [3.63, 3.8) is 0 Å². The SMILES string of the molecule is O=Nc1cc(NC(Cc2ccccc2)C(=O)Nc2ccc(F)cc2)c(O)c2ccccc12. The average Bonchev–Trinajstić information content (AvgIpc) is 2.82. The third-order valence-corrected chi connectivity index (χ3v) is 5.13. The number of hydrogen-bond acceptors (Lipinski definition) is 5. The third-order valence-electron chi connectivity index (χ3n) is 5.13. The Kier molecular flexibility index (Phi) is 6.07. The molecule has 160 valence electrons. The molecule has 0 radical (unpaired) electrons. The summed E-state index contributed by atoms with van der Waals surface area (Å²) < 4.78 is 13.2. The number of halogens is 1. The van der Waals surface area contributed by atoms with Crippen molar-refractivity contribution >= 4 is 33.7 Å². The van der Waals surface area contributed by atoms with Gasteiger partial charge in [0.1, 0.15) is 23.3 Å². The minimum Gasteiger partial charge on any atom is -0.505 e. The number of nitrogens with one attached hydrogen (secondary N) is 2. The van der Waals surface area contributed by atoms with Crippen LogP contribution in [0.1, 0.15) is 5.56 Å². The highest BCUT2D eigenvalue weighted by atomic mass is 19.1. The van der Waals surface area contributed by atoms with Gasteiger partial charge in [-0.05, 0) is 41.1 Å². The Morgan fingerprint density at radius 1 is 0.938 bits per heavy atom. The molecule has 0 heterocycles. The fraction of sp³-hybridized carbons (Fsp3) is 0.0800. The Bertz CT molecular complexity index is 1260. The normalized spacial score (nSPS) is 11.7. The molecule has 3 N–H and O–H groups in total. The minimum atomic E-state index is -0.797. The highest BCUT2D eigenvalue weighted by Gasteiger charge is 2.22. The molecule has 0 aliphatic carbocycles. The lowest BCUT2D eigenvalue weighted by Gasteiger charge is -2.21. The second kappa shape index (κ2) is 9.26. The highest BCUT2D eigenvalue weighted by Crippen LogP contribution is 2.39. The standard InChI is InChI=1S/C25H20FN3O3/c26-17-10-12-18(13-11-17)27-25(31)23(14-16-6-2-1-3-7-16)28-22-15-21(29-32)19-8-4-5-9-20(19)24(22)30/h1-13,15,23,28,30H,14H2,(H,27,31). The number of amides is 1. The predicted molar refractivity (Wildman–Crippen MR) is 124 cm³/mol. The fourth-order valence-electron chi connectivity index (χ4n) is 3.54. The van der Waals surface area contributed by atoms with Gasteiger partial charge in [-0.15, -0.1) is 4.91 Å². The van der Waals surface area contributed by atoms with E-state index in [9.17, 15) is 19.2 Å². The van der Waals surface area contributed by atoms with Gasteiger partial charge in [0.25, 0.3) is 0 Å². The number of hydrogen-bond donors (Lipinski definition) is 3. The topological polar surface area (TPSA) is 90.8 Å². The summed E-state index contributed by atoms with van der Waals surface area (Å²) in [6, 6.07) is 22.3. The van der Waals surface area contributed by atoms with Crippen molar-refractivity contribution in [1.82, 2.24) is 0 Å². The lowest BCUT2D eigenvalue weighted by Crippen LogP contribution is -2.36. The van der Waals surface area contributed by atoms with Gasteiger partial charge in [-0.25, -0.2) is 4.39 Å². The van der Waals surface area contributed by atoms with Crippen LogP contribution in [0.25, 0.3) is 10.8 Å². The molecule has 0 spiro atoms. The Balaban J connectivity index is 1.68. The molecule has 0 aliphatic heterocycles. The molecule has 4 aromatic carbocycles. The summed E-state index contributed by atoms with van der Waals surface area (Å²) in [5, 5.41) is 20.7. The van der Waals surface area contributed by atoms with E-state index >= 15 is 0 Å². The van der Waals surface area contributed by atoms with Crippen LogP contribution < -0.4 is 10.6 Å². The lowest BCUT2D eigenvalue weighted by atomic mass is 10.0. The maximum absolute atomic E-state index is 13.2. The first-order valence-corrected chi connectivity index (χ1v) is 10.00. The van der Waals surface area contributed by atoms with E-state index in [4.69, 9.17) is 0 Å². The van der Waals surface area contributed by atoms with Crippen LogP contribution in [-0.4, -0.2) is 17.1 Å². The third kappa shape index (κ3) is 4.57. The summed E-state index contributed by atoms with van der Waals surface area (Å²) in [7, 11) is 0. The molecule has 0 bridgehead atoms. The molecular formula is C25H20FN3O3. The number of phenolic OH excluding ortho intramolecular Hbond substituents is 1. The monoisotopic (exact) mass is 429 g/mol. The van der Waals surface area contributed by atoms with Crippen molar-refractivity contribution in [3.05, 3.63) is 101 Å². The zero-order valence-corrected chi connectivity index (χ0v) is 17.0. The quantitative estimate of drug-likeness (QED) is 0.258. The van der Waals surface area contributed by atoms with Crippen molar-refractivity contribution in [2.75, 3.05) is 10.6 Å². The van der Waals surface area contributed by atoms with E-state index in [2.05, 4.69) is 15.8 Å². The Labute approximate surface area is 183 Å². The summed E-state index contributed by atoms with van der Waals surface area (Å²) in [5.41, 5.74) is 1.70. The van der Waals surface area contributed by atoms with Crippen LogP contribution in [0.15, 0.2) is 90.1 Å². The smallest absolute Gasteiger partial charge is 0.247 e. The molecule has 0 saturated heterocycles. The molecule has 0 saturated carbocycles. The second-order valence-electron chi connectivity index (χ2n) is 7.31. The molecule has 4 rings (SSSR count). The van der Waals surface area contributed by atoms with Gasteiger partial charge in [0.05, 0.1) is 5.69 Å². The van der Waals surface area contributed by atoms with E-state index < -0.39 is 11.9 Å². The van der Waals surface area contributed by atoms with Crippen molar-refractivity contribution < 1.29 is 14.3 Å². The van der Waals surface area contributed by atoms with Crippen LogP contribution in [0, 0.1) is 10.7 Å². The van der Waals surface area contributed by atoms with Crippen LogP contribution in [0.3, 0.4) is 0 Å². The van der Waals surface area contributed by atoms with Gasteiger partial charge in [-0.2, -0.15) is 0 Å². The number of phenols is 1. The van der Waals surface area contributed by atoms with Crippen molar-refractivity contribution in [2.45, 2.75) is 12.5 Å². The number of benzene rings is 4. The number of aromatic hydroxyl groups is 1. The van der Waals surface area contributed by atoms with Gasteiger partial charge in [0.15, 0.2) is 0 Å². The molecule has 32 heavy (non-hydrogen) atoms. The van der Waals surface area contributed by atoms with E-state index in [1.165, 1.54) is 30.3 Å². The van der Waals surface area contributed by atoms with Gasteiger partial charge in [-0.3, -0.25) is 4.79 Å². The zero-order chi connectivity index (χ0) is 22.5. The van der Waals surface area contributed by atoms with Gasteiger partial charge >= 0.3 is 0 Å². The van der Waals surface area contributed by atoms with Gasteiger partial charge in [0.2, 0.25) is 5.91 Å². The maximum Gasteiger partial charge on any atom is 0.247 e. The predicted octanol–water partition coefficient (Wildman–Crippen LogP) is 5.74. The Morgan fingerprint density at radius 3 is 2.28 bits per heavy atom. The van der Waals surface area contributed by atoms with E-state index in [1.807, 2.05) is 30.3 Å². The van der Waals surface area contributed by atoms with Gasteiger partial charge in [-0.1, -0.05) is 54.6 Å². The minimum absolute atomic E-state index is 0.0827. The molecule has 0 fully saturated rings. The van der Waals surface area contributed by atoms with Gasteiger partial charge < -0.3 is 15.7 Å². The van der Waals surface area contributed by atoms with Crippen LogP contribution in [0.4, 0.5) is 21.5 Å². The zero-order valence-electron chi connectivity index (χ0n) is 17.0. The second-order valence-corrected chi connectivity index (χ2v) is 7.31. The lowest BCUT2D eigenvalue weighted by molar-refractivity contribution is -0.116. The molecule has 1 atom stereocenters. The first kappa shape index (κ1) is 21.0. The van der Waals surface area contributed by atoms with Gasteiger partial charge in [0, 0.05) is 22.9 Å². The number of carbonyl (C=O) groups is 1. The van der Waals surface area contributed by atoms with Crippen LogP contribution in [-0.2, 0) is 11.2 Å². The average molecular weight is 429 g/mol. The molecule has 7 heteroatoms. The first-order valence-electron chi connectivity index (χ1n) is 10.00. The van der Waals surface area contributed by atoms with E-state index in [1.54, 1.807) is 24.3 Å². The van der Waals surface area contributed by atoms with Crippen molar-refractivity contribution in [1.29, 1.82) is 0 Å². The summed E-state index contributed by atoms with van der Waals surface area (Å²) in [5.74, 6) is -0.869. The summed E-state index contributed by atoms with van der Waals surface area (Å²) in [6.45, 7) is 0. The van der Waals surface area contributed by atoms with Crippen molar-refractivity contribution in [2.24, 2.45) is 5.18 Å². The number of nitroso groups, excluding NO2 is 1. The largest absolute Gasteiger partial charge is 0.505 e. The molecule has 1 amide bonds. The number of anilines is 2. The molecule has 0 aliphatic rings. The number of carbonyl (C=O) groups excluding carboxylic acids is 1. The molecule has 1 unspecified atom stereocenters. The summed E-state index contributed by atoms with van der Waals surface area (Å²) in [4.78, 5) is 24.5. The summed E-state index contributed by atoms with van der Waals surface area (Å²) >= 11 is 0. The molecule has 4 aromatic rings. The summed E-state index contributed by atoms with van der Waals surface area (Å²) in [6.07, 6.45) is 0.310. The number of fused-ring (bicyclic) bond motifs is 1. The Hall–Kier alpha value is -4.26. The van der Waals surface area contributed by atoms with E-state index in [-0.39, 0.29) is 23.0 Å². The number of rotatable bonds is 7. The fourth-order valence-corrected chi connectivity index (χ4v) is 3.54. The van der Waals surface area contributed by atoms with E-state index in [0.717, 1.165) is 5.56 Å². The highest BCUT2D eigenvalue weighted by molar-refractivity contribution is 6.02. The molecule has 0 aromatic heterocycles. The maximum atomic E-state index is 13.2. The number of nitrogens with zero attached hydrogens (tertiary/aromatic N) is 1. The molecule has 6 nitrogen and oxygen atoms in total. The van der Waals surface area contributed by atoms with Crippen LogP contribution >= 0.6 is 0 Å². The van der Waals surface area contributed by atoms with Crippen LogP contribution in [0.2, 0.25) is 0 Å². The van der Waals surface area contributed by atoms with E-state index in [0.29, 0.717) is 22.9 Å². The first-order chi connectivity index (χ1) is 15.5. The molecular weight excluding hydrogens is 409 g/mol. The van der Waals surface area contributed by atoms with Crippen LogP contribution in [0.5, 0.6) is 5.75 Å². The van der Waals surface area contributed by atoms with Crippen molar-refractivity contribution in [3.8, 4) is 5.75 Å².